The number of rotatable bonds is 5. The Morgan fingerprint density at radius 2 is 2.15 bits per heavy atom. The number of benzene rings is 2. The molecule has 1 heterocycles. The normalized spacial score (nSPS) is 17.2. The third kappa shape index (κ3) is 4.37. The van der Waals surface area contributed by atoms with Crippen LogP contribution in [0, 0.1) is 6.92 Å². The second-order valence-corrected chi connectivity index (χ2v) is 7.22. The van der Waals surface area contributed by atoms with Gasteiger partial charge in [0.25, 0.3) is 5.91 Å². The molecule has 26 heavy (non-hydrogen) atoms. The number of halogens is 1. The summed E-state index contributed by atoms with van der Waals surface area (Å²) < 4.78 is 5.65. The highest BCUT2D eigenvalue weighted by atomic mass is 35.5. The van der Waals surface area contributed by atoms with Crippen molar-refractivity contribution >= 4 is 17.5 Å². The minimum Gasteiger partial charge on any atom is -0.491 e. The van der Waals surface area contributed by atoms with Gasteiger partial charge < -0.3 is 15.4 Å². The van der Waals surface area contributed by atoms with E-state index < -0.39 is 0 Å². The zero-order valence-electron chi connectivity index (χ0n) is 15.1. The van der Waals surface area contributed by atoms with E-state index in [-0.39, 0.29) is 5.91 Å². The van der Waals surface area contributed by atoms with Crippen molar-refractivity contribution in [1.82, 2.24) is 4.90 Å². The molecule has 0 saturated carbocycles. The summed E-state index contributed by atoms with van der Waals surface area (Å²) in [5.74, 6) is 0.875. The van der Waals surface area contributed by atoms with Crippen LogP contribution in [0.4, 0.5) is 0 Å². The first-order chi connectivity index (χ1) is 12.6. The third-order valence-electron chi connectivity index (χ3n) is 4.77. The van der Waals surface area contributed by atoms with Crippen LogP contribution in [0.5, 0.6) is 5.75 Å². The SMILES string of the molecule is Cc1cccc([C@@H]2CCCN(C(=O)c3cc(Cl)ccc3OCCN)C2)c1. The maximum atomic E-state index is 13.1. The van der Waals surface area contributed by atoms with E-state index in [2.05, 4.69) is 31.2 Å². The number of aryl methyl sites for hydroxylation is 1. The molecule has 0 unspecified atom stereocenters. The molecule has 1 amide bonds. The van der Waals surface area contributed by atoms with Crippen LogP contribution in [0.2, 0.25) is 5.02 Å². The molecular formula is C21H25ClN2O2. The van der Waals surface area contributed by atoms with Crippen LogP contribution >= 0.6 is 11.6 Å². The van der Waals surface area contributed by atoms with Gasteiger partial charge in [-0.25, -0.2) is 0 Å². The first-order valence-corrected chi connectivity index (χ1v) is 9.44. The van der Waals surface area contributed by atoms with Crippen molar-refractivity contribution < 1.29 is 9.53 Å². The standard InChI is InChI=1S/C21H25ClN2O2/c1-15-4-2-5-16(12-15)17-6-3-10-24(14-17)21(25)19-13-18(22)7-8-20(19)26-11-9-23/h2,4-5,7-8,12-13,17H,3,6,9-11,14,23H2,1H3/t17-/m1/s1. The molecule has 1 saturated heterocycles. The van der Waals surface area contributed by atoms with Gasteiger partial charge in [0.05, 0.1) is 5.56 Å². The molecular weight excluding hydrogens is 348 g/mol. The predicted molar refractivity (Wildman–Crippen MR) is 105 cm³/mol. The lowest BCUT2D eigenvalue weighted by atomic mass is 9.89. The van der Waals surface area contributed by atoms with Crippen molar-refractivity contribution in [3.05, 3.63) is 64.2 Å². The molecule has 0 bridgehead atoms. The van der Waals surface area contributed by atoms with Gasteiger partial charge in [0.2, 0.25) is 0 Å². The van der Waals surface area contributed by atoms with Crippen molar-refractivity contribution in [2.45, 2.75) is 25.7 Å². The minimum absolute atomic E-state index is 0.0307. The molecule has 2 aromatic rings. The molecule has 0 aromatic heterocycles. The topological polar surface area (TPSA) is 55.6 Å². The molecule has 0 radical (unpaired) electrons. The van der Waals surface area contributed by atoms with Crippen molar-refractivity contribution in [2.75, 3.05) is 26.2 Å². The van der Waals surface area contributed by atoms with Crippen molar-refractivity contribution in [3.63, 3.8) is 0 Å². The van der Waals surface area contributed by atoms with Gasteiger partial charge in [-0.1, -0.05) is 41.4 Å². The summed E-state index contributed by atoms with van der Waals surface area (Å²) in [6.07, 6.45) is 2.09. The predicted octanol–water partition coefficient (Wildman–Crippen LogP) is 4.01. The van der Waals surface area contributed by atoms with Gasteiger partial charge in [0.1, 0.15) is 12.4 Å². The maximum Gasteiger partial charge on any atom is 0.257 e. The highest BCUT2D eigenvalue weighted by Gasteiger charge is 2.27. The largest absolute Gasteiger partial charge is 0.491 e. The van der Waals surface area contributed by atoms with Crippen molar-refractivity contribution in [2.24, 2.45) is 5.73 Å². The number of likely N-dealkylation sites (tertiary alicyclic amines) is 1. The number of amides is 1. The van der Waals surface area contributed by atoms with Crippen LogP contribution < -0.4 is 10.5 Å². The van der Waals surface area contributed by atoms with E-state index in [9.17, 15) is 4.79 Å². The average Bonchev–Trinajstić information content (AvgIpc) is 2.66. The van der Waals surface area contributed by atoms with Crippen LogP contribution in [-0.2, 0) is 0 Å². The van der Waals surface area contributed by atoms with Gasteiger partial charge in [-0.2, -0.15) is 0 Å². The summed E-state index contributed by atoms with van der Waals surface area (Å²) >= 11 is 6.12. The molecule has 4 nitrogen and oxygen atoms in total. The van der Waals surface area contributed by atoms with E-state index in [0.29, 0.717) is 41.9 Å². The maximum absolute atomic E-state index is 13.1. The summed E-state index contributed by atoms with van der Waals surface area (Å²) in [4.78, 5) is 15.0. The van der Waals surface area contributed by atoms with Gasteiger partial charge >= 0.3 is 0 Å². The fourth-order valence-electron chi connectivity index (χ4n) is 3.49. The Bertz CT molecular complexity index is 778. The smallest absolute Gasteiger partial charge is 0.257 e. The highest BCUT2D eigenvalue weighted by Crippen LogP contribution is 2.30. The average molecular weight is 373 g/mol. The molecule has 1 atom stereocenters. The number of nitrogens with two attached hydrogens (primary N) is 1. The fourth-order valence-corrected chi connectivity index (χ4v) is 3.66. The van der Waals surface area contributed by atoms with Crippen molar-refractivity contribution in [1.29, 1.82) is 0 Å². The van der Waals surface area contributed by atoms with Gasteiger partial charge in [-0.05, 0) is 43.5 Å². The van der Waals surface area contributed by atoms with Gasteiger partial charge in [-0.15, -0.1) is 0 Å². The number of nitrogens with zero attached hydrogens (tertiary/aromatic N) is 1. The first-order valence-electron chi connectivity index (χ1n) is 9.06. The van der Waals surface area contributed by atoms with Gasteiger partial charge in [0, 0.05) is 30.6 Å². The quantitative estimate of drug-likeness (QED) is 0.862. The lowest BCUT2D eigenvalue weighted by molar-refractivity contribution is 0.0703. The van der Waals surface area contributed by atoms with E-state index >= 15 is 0 Å². The lowest BCUT2D eigenvalue weighted by Gasteiger charge is -2.33. The number of piperidine rings is 1. The van der Waals surface area contributed by atoms with Crippen LogP contribution in [0.15, 0.2) is 42.5 Å². The minimum atomic E-state index is -0.0307. The summed E-state index contributed by atoms with van der Waals surface area (Å²) in [7, 11) is 0. The van der Waals surface area contributed by atoms with E-state index in [0.717, 1.165) is 19.4 Å². The van der Waals surface area contributed by atoms with E-state index in [1.165, 1.54) is 11.1 Å². The van der Waals surface area contributed by atoms with Crippen LogP contribution in [0.1, 0.15) is 40.2 Å². The number of hydrogen-bond acceptors (Lipinski definition) is 3. The zero-order chi connectivity index (χ0) is 18.5. The Balaban J connectivity index is 1.80. The van der Waals surface area contributed by atoms with Gasteiger partial charge in [-0.3, -0.25) is 4.79 Å². The molecule has 1 aliphatic rings. The van der Waals surface area contributed by atoms with E-state index in [1.54, 1.807) is 18.2 Å². The second kappa shape index (κ2) is 8.56. The lowest BCUT2D eigenvalue weighted by Crippen LogP contribution is -2.39. The molecule has 1 aliphatic heterocycles. The zero-order valence-corrected chi connectivity index (χ0v) is 15.8. The van der Waals surface area contributed by atoms with Crippen LogP contribution in [-0.4, -0.2) is 37.0 Å². The number of carbonyl (C=O) groups excluding carboxylic acids is 1. The summed E-state index contributed by atoms with van der Waals surface area (Å²) in [6.45, 7) is 4.33. The van der Waals surface area contributed by atoms with Crippen molar-refractivity contribution in [3.8, 4) is 5.75 Å². The molecule has 3 rings (SSSR count). The molecule has 0 aliphatic carbocycles. The number of carbonyl (C=O) groups is 1. The Kier molecular flexibility index (Phi) is 6.17. The Morgan fingerprint density at radius 1 is 1.31 bits per heavy atom. The second-order valence-electron chi connectivity index (χ2n) is 6.78. The molecule has 2 aromatic carbocycles. The summed E-state index contributed by atoms with van der Waals surface area (Å²) in [5, 5.41) is 0.528. The molecule has 2 N–H and O–H groups in total. The van der Waals surface area contributed by atoms with E-state index in [4.69, 9.17) is 22.1 Å². The number of ether oxygens (including phenoxy) is 1. The fraction of sp³-hybridized carbons (Fsp3) is 0.381. The molecule has 138 valence electrons. The monoisotopic (exact) mass is 372 g/mol. The summed E-state index contributed by atoms with van der Waals surface area (Å²) in [6, 6.07) is 13.7. The third-order valence-corrected chi connectivity index (χ3v) is 5.00. The molecule has 1 fully saturated rings. The number of hydrogen-bond donors (Lipinski definition) is 1. The Labute approximate surface area is 159 Å². The van der Waals surface area contributed by atoms with E-state index in [1.807, 2.05) is 4.90 Å². The Morgan fingerprint density at radius 3 is 2.92 bits per heavy atom. The molecule has 0 spiro atoms. The summed E-state index contributed by atoms with van der Waals surface area (Å²) in [5.41, 5.74) is 8.58. The van der Waals surface area contributed by atoms with Gasteiger partial charge in [0.15, 0.2) is 0 Å². The first kappa shape index (κ1) is 18.7. The van der Waals surface area contributed by atoms with Crippen LogP contribution in [0.25, 0.3) is 0 Å². The Hall–Kier alpha value is -2.04. The highest BCUT2D eigenvalue weighted by molar-refractivity contribution is 6.31. The molecule has 5 heteroatoms. The van der Waals surface area contributed by atoms with Crippen LogP contribution in [0.3, 0.4) is 0 Å².